The first kappa shape index (κ1) is 35.2. The molecule has 0 spiro atoms. The molecule has 9 nitrogen and oxygen atoms in total. The third-order valence-electron chi connectivity index (χ3n) is 8.95. The number of nitrogens with one attached hydrogen (secondary N) is 5. The molecule has 1 aliphatic heterocycles. The highest BCUT2D eigenvalue weighted by Gasteiger charge is 2.23. The second-order valence-electron chi connectivity index (χ2n) is 12.9. The third-order valence-corrected chi connectivity index (χ3v) is 8.95. The second-order valence-corrected chi connectivity index (χ2v) is 12.9. The number of hydrogen-bond donors (Lipinski definition) is 6. The SMILES string of the molecule is CCc1cccc(N/C(=C\C(=N)C(C)(C)C#N)NCc2ccccc2C(CCCN)Cc2ccc(=N)n(C(=N)N3CCCCC3)c2)c1. The standard InChI is InChI=1S/C38H51N9/c1-4-28-12-10-15-32(23-28)45-36(24-34(41)38(2,3)27-40)44-25-31-13-6-7-16-33(31)30(14-11-19-39)22-29-17-18-35(42)47(26-29)37(43)46-20-8-5-9-21-46/h6-7,10,12-13,15-18,23-24,26,30,41-45H,4-5,8-9,11,14,19-22,25,39H2,1-3H3/b36-24-,41-34?,42-35?,43-37?. The van der Waals surface area contributed by atoms with Crippen molar-refractivity contribution in [3.8, 4) is 6.07 Å². The number of aryl methyl sites for hydroxylation is 1. The van der Waals surface area contributed by atoms with Crippen molar-refractivity contribution in [2.45, 2.75) is 78.2 Å². The van der Waals surface area contributed by atoms with Crippen LogP contribution in [0.5, 0.6) is 0 Å². The van der Waals surface area contributed by atoms with E-state index in [0.717, 1.165) is 68.4 Å². The minimum Gasteiger partial charge on any atom is -0.367 e. The molecular formula is C38H51N9. The van der Waals surface area contributed by atoms with E-state index in [0.29, 0.717) is 30.4 Å². The highest BCUT2D eigenvalue weighted by Crippen LogP contribution is 2.29. The molecule has 4 rings (SSSR count). The largest absolute Gasteiger partial charge is 0.367 e. The Labute approximate surface area is 280 Å². The van der Waals surface area contributed by atoms with E-state index in [9.17, 15) is 5.26 Å². The molecule has 0 aliphatic carbocycles. The van der Waals surface area contributed by atoms with Crippen molar-refractivity contribution in [2.75, 3.05) is 25.0 Å². The molecule has 1 saturated heterocycles. The van der Waals surface area contributed by atoms with Gasteiger partial charge in [0, 0.05) is 37.6 Å². The lowest BCUT2D eigenvalue weighted by molar-refractivity contribution is 0.330. The van der Waals surface area contributed by atoms with Gasteiger partial charge in [-0.25, -0.2) is 0 Å². The summed E-state index contributed by atoms with van der Waals surface area (Å²) in [4.78, 5) is 2.08. The van der Waals surface area contributed by atoms with Gasteiger partial charge < -0.3 is 26.7 Å². The fraction of sp³-hybridized carbons (Fsp3) is 0.421. The molecule has 2 heterocycles. The lowest BCUT2D eigenvalue weighted by Gasteiger charge is -2.30. The van der Waals surface area contributed by atoms with Crippen LogP contribution < -0.4 is 21.9 Å². The van der Waals surface area contributed by atoms with Crippen molar-refractivity contribution in [3.05, 3.63) is 106 Å². The minimum absolute atomic E-state index is 0.184. The van der Waals surface area contributed by atoms with Gasteiger partial charge >= 0.3 is 0 Å². The first-order valence-corrected chi connectivity index (χ1v) is 16.8. The number of nitriles is 1. The molecule has 2 aromatic carbocycles. The van der Waals surface area contributed by atoms with Gasteiger partial charge in [0.05, 0.1) is 17.2 Å². The van der Waals surface area contributed by atoms with Crippen LogP contribution in [0.3, 0.4) is 0 Å². The van der Waals surface area contributed by atoms with Gasteiger partial charge in [-0.3, -0.25) is 15.4 Å². The van der Waals surface area contributed by atoms with Crippen LogP contribution in [0.1, 0.15) is 81.0 Å². The Morgan fingerprint density at radius 3 is 2.53 bits per heavy atom. The molecular weight excluding hydrogens is 582 g/mol. The molecule has 1 aliphatic rings. The smallest absolute Gasteiger partial charge is 0.203 e. The lowest BCUT2D eigenvalue weighted by atomic mass is 9.85. The number of nitrogens with zero attached hydrogens (tertiary/aromatic N) is 3. The molecule has 1 fully saturated rings. The van der Waals surface area contributed by atoms with Gasteiger partial charge in [-0.2, -0.15) is 5.26 Å². The molecule has 1 unspecified atom stereocenters. The van der Waals surface area contributed by atoms with Crippen LogP contribution in [0, 0.1) is 33.0 Å². The van der Waals surface area contributed by atoms with Gasteiger partial charge in [-0.05, 0) is 112 Å². The van der Waals surface area contributed by atoms with Crippen molar-refractivity contribution in [1.82, 2.24) is 14.8 Å². The number of aromatic nitrogens is 1. The van der Waals surface area contributed by atoms with Crippen LogP contribution >= 0.6 is 0 Å². The molecule has 248 valence electrons. The average molecular weight is 634 g/mol. The van der Waals surface area contributed by atoms with E-state index < -0.39 is 5.41 Å². The summed E-state index contributed by atoms with van der Waals surface area (Å²) >= 11 is 0. The van der Waals surface area contributed by atoms with E-state index in [-0.39, 0.29) is 11.6 Å². The number of likely N-dealkylation sites (tertiary alicyclic amines) is 1. The van der Waals surface area contributed by atoms with Gasteiger partial charge in [0.1, 0.15) is 11.3 Å². The number of pyridine rings is 1. The van der Waals surface area contributed by atoms with Crippen LogP contribution in [0.15, 0.2) is 78.8 Å². The summed E-state index contributed by atoms with van der Waals surface area (Å²) in [7, 11) is 0. The summed E-state index contributed by atoms with van der Waals surface area (Å²) in [5.41, 5.74) is 11.2. The van der Waals surface area contributed by atoms with Crippen molar-refractivity contribution in [1.29, 1.82) is 21.5 Å². The molecule has 0 amide bonds. The Morgan fingerprint density at radius 1 is 1.04 bits per heavy atom. The maximum Gasteiger partial charge on any atom is 0.203 e. The first-order chi connectivity index (χ1) is 22.6. The third kappa shape index (κ3) is 9.66. The van der Waals surface area contributed by atoms with E-state index in [1.807, 2.05) is 30.5 Å². The summed E-state index contributed by atoms with van der Waals surface area (Å²) in [5, 5.41) is 42.7. The molecule has 0 bridgehead atoms. The maximum atomic E-state index is 9.67. The van der Waals surface area contributed by atoms with Gasteiger partial charge in [0.25, 0.3) is 0 Å². The summed E-state index contributed by atoms with van der Waals surface area (Å²) in [5.74, 6) is 1.22. The van der Waals surface area contributed by atoms with Crippen LogP contribution in [-0.2, 0) is 19.4 Å². The quantitative estimate of drug-likeness (QED) is 0.0887. The predicted octanol–water partition coefficient (Wildman–Crippen LogP) is 6.48. The zero-order valence-corrected chi connectivity index (χ0v) is 28.2. The molecule has 0 saturated carbocycles. The number of nitrogens with two attached hydrogens (primary N) is 1. The van der Waals surface area contributed by atoms with Crippen molar-refractivity contribution in [3.63, 3.8) is 0 Å². The molecule has 9 heteroatoms. The summed E-state index contributed by atoms with van der Waals surface area (Å²) < 4.78 is 1.71. The fourth-order valence-corrected chi connectivity index (χ4v) is 5.94. The number of anilines is 1. The highest BCUT2D eigenvalue weighted by atomic mass is 15.3. The summed E-state index contributed by atoms with van der Waals surface area (Å²) in [6.07, 6.45) is 10.5. The summed E-state index contributed by atoms with van der Waals surface area (Å²) in [6.45, 7) is 8.47. The van der Waals surface area contributed by atoms with E-state index in [4.69, 9.17) is 22.0 Å². The van der Waals surface area contributed by atoms with E-state index >= 15 is 0 Å². The Balaban J connectivity index is 1.60. The Hall–Kier alpha value is -4.68. The van der Waals surface area contributed by atoms with Crippen LogP contribution in [0.4, 0.5) is 5.69 Å². The first-order valence-electron chi connectivity index (χ1n) is 16.8. The molecule has 1 atom stereocenters. The van der Waals surface area contributed by atoms with Crippen LogP contribution in [0.2, 0.25) is 0 Å². The Morgan fingerprint density at radius 2 is 1.81 bits per heavy atom. The van der Waals surface area contributed by atoms with E-state index in [2.05, 4.69) is 58.9 Å². The van der Waals surface area contributed by atoms with Gasteiger partial charge in [-0.15, -0.1) is 0 Å². The monoisotopic (exact) mass is 633 g/mol. The molecule has 47 heavy (non-hydrogen) atoms. The fourth-order valence-electron chi connectivity index (χ4n) is 5.94. The lowest BCUT2D eigenvalue weighted by Crippen LogP contribution is -2.43. The van der Waals surface area contributed by atoms with Crippen molar-refractivity contribution in [2.24, 2.45) is 11.1 Å². The normalized spacial score (nSPS) is 14.3. The number of rotatable bonds is 14. The predicted molar refractivity (Wildman–Crippen MR) is 191 cm³/mol. The van der Waals surface area contributed by atoms with Crippen LogP contribution in [0.25, 0.3) is 0 Å². The number of hydrogen-bond acceptors (Lipinski definition) is 7. The van der Waals surface area contributed by atoms with Gasteiger partial charge in [0.15, 0.2) is 0 Å². The zero-order valence-electron chi connectivity index (χ0n) is 28.2. The molecule has 7 N–H and O–H groups in total. The maximum absolute atomic E-state index is 9.67. The van der Waals surface area contributed by atoms with Crippen molar-refractivity contribution < 1.29 is 0 Å². The minimum atomic E-state index is -0.930. The van der Waals surface area contributed by atoms with Gasteiger partial charge in [-0.1, -0.05) is 49.4 Å². The Bertz CT molecular complexity index is 1650. The van der Waals surface area contributed by atoms with E-state index in [1.54, 1.807) is 30.6 Å². The average Bonchev–Trinajstić information content (AvgIpc) is 3.10. The summed E-state index contributed by atoms with van der Waals surface area (Å²) in [6, 6.07) is 22.7. The number of benzene rings is 2. The zero-order chi connectivity index (χ0) is 33.8. The molecule has 3 aromatic rings. The van der Waals surface area contributed by atoms with Gasteiger partial charge in [0.2, 0.25) is 5.96 Å². The number of allylic oxidation sites excluding steroid dienone is 1. The van der Waals surface area contributed by atoms with Crippen LogP contribution in [-0.4, -0.2) is 40.8 Å². The van der Waals surface area contributed by atoms with E-state index in [1.165, 1.54) is 17.5 Å². The van der Waals surface area contributed by atoms with Crippen molar-refractivity contribution >= 4 is 17.4 Å². The second kappa shape index (κ2) is 16.8. The highest BCUT2D eigenvalue weighted by molar-refractivity contribution is 5.99. The molecule has 1 aromatic heterocycles. The number of piperidine rings is 1. The molecule has 0 radical (unpaired) electrons. The Kier molecular flexibility index (Phi) is 12.5. The topological polar surface area (TPSA) is 154 Å².